The first-order valence-electron chi connectivity index (χ1n) is 9.11. The molecule has 2 N–H and O–H groups in total. The fourth-order valence-electron chi connectivity index (χ4n) is 3.99. The molecule has 138 valence electrons. The molecule has 26 heavy (non-hydrogen) atoms. The van der Waals surface area contributed by atoms with Crippen molar-refractivity contribution in [3.05, 3.63) is 30.7 Å². The van der Waals surface area contributed by atoms with Crippen LogP contribution in [0.3, 0.4) is 0 Å². The van der Waals surface area contributed by atoms with Gasteiger partial charge in [-0.3, -0.25) is 4.79 Å². The number of fused-ring (bicyclic) bond motifs is 1. The third-order valence-electron chi connectivity index (χ3n) is 5.73. The van der Waals surface area contributed by atoms with Crippen molar-refractivity contribution in [3.63, 3.8) is 0 Å². The molecular formula is C19H24FN5O. The van der Waals surface area contributed by atoms with Gasteiger partial charge in [0.1, 0.15) is 23.5 Å². The molecule has 1 unspecified atom stereocenters. The van der Waals surface area contributed by atoms with E-state index < -0.39 is 5.67 Å². The van der Waals surface area contributed by atoms with Crippen LogP contribution in [0, 0.1) is 0 Å². The van der Waals surface area contributed by atoms with Crippen LogP contribution in [0.5, 0.6) is 0 Å². The summed E-state index contributed by atoms with van der Waals surface area (Å²) in [6.07, 6.45) is 7.09. The van der Waals surface area contributed by atoms with Crippen LogP contribution in [0.4, 0.5) is 10.2 Å². The number of amides is 1. The quantitative estimate of drug-likeness (QED) is 0.825. The van der Waals surface area contributed by atoms with Crippen LogP contribution in [-0.4, -0.2) is 50.1 Å². The second-order valence-electron chi connectivity index (χ2n) is 7.69. The molecule has 0 aromatic carbocycles. The Hall–Kier alpha value is -2.44. The van der Waals surface area contributed by atoms with Crippen molar-refractivity contribution in [1.29, 1.82) is 0 Å². The number of aromatic amines is 1. The largest absolute Gasteiger partial charge is 0.365 e. The summed E-state index contributed by atoms with van der Waals surface area (Å²) in [5.74, 6) is 0.540. The average Bonchev–Trinajstić information content (AvgIpc) is 3.05. The van der Waals surface area contributed by atoms with Gasteiger partial charge in [-0.05, 0) is 44.7 Å². The number of likely N-dealkylation sites (tertiary alicyclic amines) is 1. The van der Waals surface area contributed by atoms with Gasteiger partial charge in [0, 0.05) is 30.7 Å². The van der Waals surface area contributed by atoms with Crippen LogP contribution in [-0.2, 0) is 4.79 Å². The smallest absolute Gasteiger partial charge is 0.246 e. The zero-order chi connectivity index (χ0) is 18.5. The van der Waals surface area contributed by atoms with Crippen molar-refractivity contribution in [2.24, 2.45) is 0 Å². The highest BCUT2D eigenvalue weighted by molar-refractivity contribution is 5.91. The minimum absolute atomic E-state index is 0.0506. The molecule has 2 aromatic rings. The Morgan fingerprint density at radius 2 is 2.27 bits per heavy atom. The number of rotatable bonds is 4. The van der Waals surface area contributed by atoms with Gasteiger partial charge in [-0.2, -0.15) is 0 Å². The third kappa shape index (κ3) is 2.85. The highest BCUT2D eigenvalue weighted by atomic mass is 19.1. The van der Waals surface area contributed by atoms with Gasteiger partial charge in [-0.15, -0.1) is 0 Å². The van der Waals surface area contributed by atoms with Gasteiger partial charge in [0.2, 0.25) is 5.91 Å². The van der Waals surface area contributed by atoms with Crippen LogP contribution in [0.15, 0.2) is 25.2 Å². The number of nitrogens with one attached hydrogen (secondary N) is 2. The molecule has 0 spiro atoms. The lowest BCUT2D eigenvalue weighted by Gasteiger charge is -2.38. The number of hydrogen-bond acceptors (Lipinski definition) is 4. The molecule has 2 aromatic heterocycles. The summed E-state index contributed by atoms with van der Waals surface area (Å²) in [6, 6.07) is 0.289. The van der Waals surface area contributed by atoms with Gasteiger partial charge in [0.15, 0.2) is 0 Å². The lowest BCUT2D eigenvalue weighted by Crippen LogP contribution is -2.49. The van der Waals surface area contributed by atoms with E-state index in [1.54, 1.807) is 6.92 Å². The average molecular weight is 357 g/mol. The van der Waals surface area contributed by atoms with Gasteiger partial charge in [-0.1, -0.05) is 6.58 Å². The van der Waals surface area contributed by atoms with Crippen LogP contribution in [0.25, 0.3) is 11.0 Å². The molecule has 2 aliphatic rings. The number of hydrogen-bond donors (Lipinski definition) is 2. The Kier molecular flexibility index (Phi) is 3.97. The van der Waals surface area contributed by atoms with Gasteiger partial charge >= 0.3 is 0 Å². The lowest BCUT2D eigenvalue weighted by atomic mass is 9.99. The van der Waals surface area contributed by atoms with E-state index in [1.165, 1.54) is 12.4 Å². The minimum atomic E-state index is -1.16. The Bertz CT molecular complexity index is 861. The van der Waals surface area contributed by atoms with E-state index in [2.05, 4.69) is 33.8 Å². The van der Waals surface area contributed by atoms with Crippen LogP contribution >= 0.6 is 0 Å². The number of alkyl halides is 1. The van der Waals surface area contributed by atoms with E-state index in [-0.39, 0.29) is 23.9 Å². The number of piperidine rings is 1. The molecule has 0 radical (unpaired) electrons. The van der Waals surface area contributed by atoms with Gasteiger partial charge in [-0.25, -0.2) is 14.4 Å². The van der Waals surface area contributed by atoms with Crippen molar-refractivity contribution >= 4 is 22.8 Å². The zero-order valence-corrected chi connectivity index (χ0v) is 15.1. The first-order chi connectivity index (χ1) is 12.4. The summed E-state index contributed by atoms with van der Waals surface area (Å²) in [4.78, 5) is 25.7. The molecule has 1 aliphatic heterocycles. The Morgan fingerprint density at radius 3 is 2.96 bits per heavy atom. The normalized spacial score (nSPS) is 31.0. The SMILES string of the molecule is C=CC(=O)N1C[C@H](Nc2ncnc3[nH]cc([C@H]4CC4(C)F)c23)CC[C@@H]1C. The Labute approximate surface area is 151 Å². The van der Waals surface area contributed by atoms with Gasteiger partial charge in [0.05, 0.1) is 5.39 Å². The first-order valence-corrected chi connectivity index (χ1v) is 9.11. The molecule has 4 rings (SSSR count). The molecule has 1 aliphatic carbocycles. The maximum Gasteiger partial charge on any atom is 0.246 e. The van der Waals surface area contributed by atoms with Crippen molar-refractivity contribution in [2.75, 3.05) is 11.9 Å². The molecule has 3 heterocycles. The maximum absolute atomic E-state index is 14.2. The van der Waals surface area contributed by atoms with Crippen molar-refractivity contribution in [2.45, 2.75) is 56.8 Å². The fraction of sp³-hybridized carbons (Fsp3) is 0.526. The minimum Gasteiger partial charge on any atom is -0.365 e. The van der Waals surface area contributed by atoms with Crippen molar-refractivity contribution in [1.82, 2.24) is 19.9 Å². The van der Waals surface area contributed by atoms with Crippen LogP contribution in [0.1, 0.15) is 44.6 Å². The van der Waals surface area contributed by atoms with E-state index in [0.29, 0.717) is 24.4 Å². The second-order valence-corrected chi connectivity index (χ2v) is 7.69. The summed E-state index contributed by atoms with van der Waals surface area (Å²) in [7, 11) is 0. The zero-order valence-electron chi connectivity index (χ0n) is 15.1. The summed E-state index contributed by atoms with van der Waals surface area (Å²) >= 11 is 0. The van der Waals surface area contributed by atoms with E-state index in [1.807, 2.05) is 11.1 Å². The highest BCUT2D eigenvalue weighted by Crippen LogP contribution is 2.56. The standard InChI is InChI=1S/C19H24FN5O/c1-4-15(26)25-9-12(6-5-11(25)2)24-18-16-13(14-7-19(14,3)20)8-21-17(16)22-10-23-18/h4,8,10-12,14H,1,5-7,9H2,2-3H3,(H2,21,22,23,24)/t11-,12+,14+,19?/m0/s1. The van der Waals surface area contributed by atoms with Crippen molar-refractivity contribution in [3.8, 4) is 0 Å². The topological polar surface area (TPSA) is 73.9 Å². The van der Waals surface area contributed by atoms with E-state index in [9.17, 15) is 9.18 Å². The lowest BCUT2D eigenvalue weighted by molar-refractivity contribution is -0.129. The van der Waals surface area contributed by atoms with E-state index in [0.717, 1.165) is 23.8 Å². The van der Waals surface area contributed by atoms with Crippen molar-refractivity contribution < 1.29 is 9.18 Å². The predicted octanol–water partition coefficient (Wildman–Crippen LogP) is 3.15. The molecular weight excluding hydrogens is 333 g/mol. The monoisotopic (exact) mass is 357 g/mol. The molecule has 1 amide bonds. The maximum atomic E-state index is 14.2. The Morgan fingerprint density at radius 1 is 1.50 bits per heavy atom. The first kappa shape index (κ1) is 17.0. The number of aromatic nitrogens is 3. The second kappa shape index (κ2) is 6.07. The molecule has 6 nitrogen and oxygen atoms in total. The number of carbonyl (C=O) groups is 1. The predicted molar refractivity (Wildman–Crippen MR) is 98.8 cm³/mol. The molecule has 4 atom stereocenters. The molecule has 1 saturated carbocycles. The summed E-state index contributed by atoms with van der Waals surface area (Å²) in [6.45, 7) is 7.88. The number of H-pyrrole nitrogens is 1. The summed E-state index contributed by atoms with van der Waals surface area (Å²) < 4.78 is 14.2. The molecule has 0 bridgehead atoms. The number of halogens is 1. The third-order valence-corrected chi connectivity index (χ3v) is 5.73. The fourth-order valence-corrected chi connectivity index (χ4v) is 3.99. The van der Waals surface area contributed by atoms with Crippen LogP contribution < -0.4 is 5.32 Å². The Balaban J connectivity index is 1.60. The molecule has 7 heteroatoms. The van der Waals surface area contributed by atoms with E-state index in [4.69, 9.17) is 0 Å². The number of anilines is 1. The number of carbonyl (C=O) groups excluding carboxylic acids is 1. The summed E-state index contributed by atoms with van der Waals surface area (Å²) in [5, 5.41) is 4.33. The number of nitrogens with zero attached hydrogens (tertiary/aromatic N) is 3. The highest BCUT2D eigenvalue weighted by Gasteiger charge is 2.53. The molecule has 1 saturated heterocycles. The van der Waals surface area contributed by atoms with Crippen LogP contribution in [0.2, 0.25) is 0 Å². The van der Waals surface area contributed by atoms with Gasteiger partial charge < -0.3 is 15.2 Å². The van der Waals surface area contributed by atoms with Gasteiger partial charge in [0.25, 0.3) is 0 Å². The molecule has 2 fully saturated rings. The van der Waals surface area contributed by atoms with E-state index >= 15 is 0 Å². The summed E-state index contributed by atoms with van der Waals surface area (Å²) in [5.41, 5.74) is 0.482.